The highest BCUT2D eigenvalue weighted by Gasteiger charge is 2.17. The molecule has 0 N–H and O–H groups in total. The third kappa shape index (κ3) is 2.18. The number of rotatable bonds is 1. The van der Waals surface area contributed by atoms with Crippen LogP contribution in [0.5, 0.6) is 0 Å². The van der Waals surface area contributed by atoms with Crippen molar-refractivity contribution in [3.05, 3.63) is 11.1 Å². The molecule has 0 atom stereocenters. The van der Waals surface area contributed by atoms with E-state index >= 15 is 0 Å². The Morgan fingerprint density at radius 3 is 2.30 bits per heavy atom. The Labute approximate surface area is 67.3 Å². The van der Waals surface area contributed by atoms with Crippen molar-refractivity contribution in [2.45, 2.75) is 13.8 Å². The first kappa shape index (κ1) is 9.15. The first-order valence-electron chi connectivity index (χ1n) is 2.84. The van der Waals surface area contributed by atoms with Crippen molar-refractivity contribution >= 4 is 11.6 Å². The van der Waals surface area contributed by atoms with Crippen molar-refractivity contribution in [3.8, 4) is 24.7 Å². The monoisotopic (exact) mass is 152 g/mol. The van der Waals surface area contributed by atoms with Crippen LogP contribution in [-0.4, -0.2) is 0 Å². The number of terminal acetylenes is 2. The van der Waals surface area contributed by atoms with Crippen LogP contribution in [0, 0.1) is 30.1 Å². The summed E-state index contributed by atoms with van der Waals surface area (Å²) in [5, 5.41) is 0.525. The average Bonchev–Trinajstić information content (AvgIpc) is 1.89. The molecule has 0 aliphatic rings. The Morgan fingerprint density at radius 2 is 2.00 bits per heavy atom. The number of hydrogen-bond acceptors (Lipinski definition) is 0. The third-order valence-corrected chi connectivity index (χ3v) is 1.75. The van der Waals surface area contributed by atoms with Crippen molar-refractivity contribution in [2.24, 2.45) is 5.41 Å². The van der Waals surface area contributed by atoms with Gasteiger partial charge in [-0.05, 0) is 13.8 Å². The molecule has 0 spiro atoms. The molecule has 0 aliphatic heterocycles. The summed E-state index contributed by atoms with van der Waals surface area (Å²) in [5.41, 5.74) is -0.437. The molecule has 0 bridgehead atoms. The molecule has 0 radical (unpaired) electrons. The highest BCUT2D eigenvalue weighted by atomic mass is 35.5. The molecule has 0 heterocycles. The summed E-state index contributed by atoms with van der Waals surface area (Å²) in [4.78, 5) is 0. The van der Waals surface area contributed by atoms with Gasteiger partial charge in [0.05, 0.1) is 5.41 Å². The molecule has 0 aromatic heterocycles. The van der Waals surface area contributed by atoms with Crippen molar-refractivity contribution in [1.29, 1.82) is 0 Å². The van der Waals surface area contributed by atoms with E-state index in [0.29, 0.717) is 5.03 Å². The van der Waals surface area contributed by atoms with Gasteiger partial charge in [0.25, 0.3) is 0 Å². The Morgan fingerprint density at radius 1 is 1.50 bits per heavy atom. The second-order valence-corrected chi connectivity index (χ2v) is 2.84. The zero-order valence-electron chi connectivity index (χ0n) is 6.11. The van der Waals surface area contributed by atoms with Crippen molar-refractivity contribution < 1.29 is 0 Å². The Hall–Kier alpha value is -0.850. The Kier molecular flexibility index (Phi) is 3.07. The summed E-state index contributed by atoms with van der Waals surface area (Å²) >= 11 is 5.75. The molecule has 0 aromatic rings. The van der Waals surface area contributed by atoms with E-state index in [1.54, 1.807) is 0 Å². The van der Waals surface area contributed by atoms with E-state index in [2.05, 4.69) is 11.8 Å². The van der Waals surface area contributed by atoms with Crippen LogP contribution < -0.4 is 0 Å². The first-order valence-corrected chi connectivity index (χ1v) is 3.22. The normalized spacial score (nSPS) is 11.9. The van der Waals surface area contributed by atoms with Crippen LogP contribution in [0.4, 0.5) is 0 Å². The van der Waals surface area contributed by atoms with E-state index in [9.17, 15) is 0 Å². The lowest BCUT2D eigenvalue weighted by Gasteiger charge is -2.14. The maximum atomic E-state index is 5.75. The van der Waals surface area contributed by atoms with Gasteiger partial charge in [-0.1, -0.05) is 23.4 Å². The summed E-state index contributed by atoms with van der Waals surface area (Å²) in [5.74, 6) is 4.85. The van der Waals surface area contributed by atoms with Crippen LogP contribution in [0.1, 0.15) is 13.8 Å². The highest BCUT2D eigenvalue weighted by molar-refractivity contribution is 6.30. The molecule has 0 rings (SSSR count). The summed E-state index contributed by atoms with van der Waals surface area (Å²) in [6.45, 7) is 3.67. The fourth-order valence-corrected chi connectivity index (χ4v) is 0.440. The van der Waals surface area contributed by atoms with Gasteiger partial charge in [0.2, 0.25) is 0 Å². The van der Waals surface area contributed by atoms with Crippen LogP contribution in [0.2, 0.25) is 0 Å². The van der Waals surface area contributed by atoms with E-state index in [1.165, 1.54) is 6.08 Å². The molecule has 0 aromatic carbocycles. The molecule has 0 amide bonds. The fraction of sp³-hybridized carbons (Fsp3) is 0.333. The molecule has 52 valence electrons. The maximum absolute atomic E-state index is 5.75. The standard InChI is InChI=1S/C9H9Cl/c1-5-7-8(10)9(3,4)6-2/h1-2,7H,3-4H3/b8-7-. The largest absolute Gasteiger partial charge is 0.119 e. The van der Waals surface area contributed by atoms with Crippen LogP contribution >= 0.6 is 11.6 Å². The average molecular weight is 153 g/mol. The van der Waals surface area contributed by atoms with E-state index in [1.807, 2.05) is 13.8 Å². The molecule has 0 saturated heterocycles. The minimum atomic E-state index is -0.437. The van der Waals surface area contributed by atoms with Crippen LogP contribution in [0.25, 0.3) is 0 Å². The first-order chi connectivity index (χ1) is 4.54. The summed E-state index contributed by atoms with van der Waals surface area (Å²) < 4.78 is 0. The minimum Gasteiger partial charge on any atom is -0.119 e. The van der Waals surface area contributed by atoms with Crippen molar-refractivity contribution in [3.63, 3.8) is 0 Å². The number of halogens is 1. The zero-order chi connectivity index (χ0) is 8.20. The Balaban J connectivity index is 4.56. The maximum Gasteiger partial charge on any atom is 0.0617 e. The van der Waals surface area contributed by atoms with Crippen LogP contribution in [0.3, 0.4) is 0 Å². The minimum absolute atomic E-state index is 0.437. The van der Waals surface area contributed by atoms with Crippen LogP contribution in [-0.2, 0) is 0 Å². The predicted octanol–water partition coefficient (Wildman–Crippen LogP) is 2.40. The second-order valence-electron chi connectivity index (χ2n) is 2.43. The number of allylic oxidation sites excluding steroid dienone is 2. The molecular formula is C9H9Cl. The second kappa shape index (κ2) is 3.35. The molecule has 0 saturated carbocycles. The lowest BCUT2D eigenvalue weighted by atomic mass is 9.94. The quantitative estimate of drug-likeness (QED) is 0.507. The van der Waals surface area contributed by atoms with Gasteiger partial charge in [-0.2, -0.15) is 0 Å². The molecule has 0 unspecified atom stereocenters. The summed E-state index contributed by atoms with van der Waals surface area (Å²) in [6, 6.07) is 0. The van der Waals surface area contributed by atoms with Gasteiger partial charge in [0, 0.05) is 11.1 Å². The van der Waals surface area contributed by atoms with Gasteiger partial charge in [-0.3, -0.25) is 0 Å². The SMILES string of the molecule is C#C/C=C(\Cl)C(C)(C)C#C. The molecule has 0 nitrogen and oxygen atoms in total. The van der Waals surface area contributed by atoms with Gasteiger partial charge in [-0.25, -0.2) is 0 Å². The molecule has 1 heteroatoms. The molecular weight excluding hydrogens is 144 g/mol. The van der Waals surface area contributed by atoms with Gasteiger partial charge in [-0.15, -0.1) is 12.8 Å². The van der Waals surface area contributed by atoms with Gasteiger partial charge < -0.3 is 0 Å². The van der Waals surface area contributed by atoms with E-state index in [0.717, 1.165) is 0 Å². The third-order valence-electron chi connectivity index (χ3n) is 1.17. The van der Waals surface area contributed by atoms with Gasteiger partial charge >= 0.3 is 0 Å². The van der Waals surface area contributed by atoms with E-state index in [4.69, 9.17) is 24.4 Å². The zero-order valence-corrected chi connectivity index (χ0v) is 6.87. The molecule has 0 fully saturated rings. The smallest absolute Gasteiger partial charge is 0.0617 e. The predicted molar refractivity (Wildman–Crippen MR) is 45.4 cm³/mol. The lowest BCUT2D eigenvalue weighted by molar-refractivity contribution is 0.641. The van der Waals surface area contributed by atoms with Crippen molar-refractivity contribution in [1.82, 2.24) is 0 Å². The van der Waals surface area contributed by atoms with Gasteiger partial charge in [0.1, 0.15) is 0 Å². The fourth-order valence-electron chi connectivity index (χ4n) is 0.323. The van der Waals surface area contributed by atoms with Gasteiger partial charge in [0.15, 0.2) is 0 Å². The van der Waals surface area contributed by atoms with Crippen LogP contribution in [0.15, 0.2) is 11.1 Å². The van der Waals surface area contributed by atoms with E-state index < -0.39 is 5.41 Å². The topological polar surface area (TPSA) is 0 Å². The summed E-state index contributed by atoms with van der Waals surface area (Å²) in [7, 11) is 0. The Bertz CT molecular complexity index is 220. The molecule has 0 aliphatic carbocycles. The highest BCUT2D eigenvalue weighted by Crippen LogP contribution is 2.27. The lowest BCUT2D eigenvalue weighted by Crippen LogP contribution is -2.07. The molecule has 10 heavy (non-hydrogen) atoms. The summed E-state index contributed by atoms with van der Waals surface area (Å²) in [6.07, 6.45) is 11.7. The van der Waals surface area contributed by atoms with E-state index in [-0.39, 0.29) is 0 Å². The number of hydrogen-bond donors (Lipinski definition) is 0. The van der Waals surface area contributed by atoms with Crippen molar-refractivity contribution in [2.75, 3.05) is 0 Å².